The SMILES string of the molecule is CCCC(CCO[Si](c1ccccc1)(c1ccccc1)C(C)(C)C)Nc1nc(NC(=O)O)nc2c(Br)nn(Cc3ccc(C4(NC(=O)OCc5ccccc5)COC4)cc3OC)c12. The number of rotatable bonds is 18. The minimum absolute atomic E-state index is 0.0821. The van der Waals surface area contributed by atoms with E-state index in [0.29, 0.717) is 40.2 Å². The molecule has 1 aliphatic rings. The second-order valence-electron chi connectivity index (χ2n) is 16.7. The molecule has 330 valence electrons. The predicted molar refractivity (Wildman–Crippen MR) is 250 cm³/mol. The molecule has 0 radical (unpaired) electrons. The van der Waals surface area contributed by atoms with Crippen molar-refractivity contribution in [1.82, 2.24) is 25.1 Å². The van der Waals surface area contributed by atoms with Crippen molar-refractivity contribution in [2.24, 2.45) is 0 Å². The molecule has 4 N–H and O–H groups in total. The van der Waals surface area contributed by atoms with Gasteiger partial charge in [0.15, 0.2) is 10.4 Å². The van der Waals surface area contributed by atoms with Crippen molar-refractivity contribution in [3.05, 3.63) is 130 Å². The molecule has 2 amide bonds. The highest BCUT2D eigenvalue weighted by Gasteiger charge is 2.50. The van der Waals surface area contributed by atoms with Gasteiger partial charge in [0.1, 0.15) is 28.9 Å². The Kier molecular flexibility index (Phi) is 14.1. The number of carbonyl (C=O) groups excluding carboxylic acids is 1. The Morgan fingerprint density at radius 1 is 0.937 bits per heavy atom. The number of anilines is 2. The maximum Gasteiger partial charge on any atom is 0.411 e. The van der Waals surface area contributed by atoms with Crippen LogP contribution in [0.5, 0.6) is 5.75 Å². The summed E-state index contributed by atoms with van der Waals surface area (Å²) in [6, 6.07) is 36.3. The Morgan fingerprint density at radius 3 is 2.16 bits per heavy atom. The molecule has 6 aromatic rings. The summed E-state index contributed by atoms with van der Waals surface area (Å²) in [5.41, 5.74) is 2.68. The van der Waals surface area contributed by atoms with E-state index in [9.17, 15) is 14.7 Å². The van der Waals surface area contributed by atoms with Gasteiger partial charge in [0.2, 0.25) is 5.95 Å². The molecule has 0 saturated carbocycles. The number of fused-ring (bicyclic) bond motifs is 1. The molecule has 4 aromatic carbocycles. The standard InChI is InChI=1S/C47H54BrN7O7Si/c1-6-16-35(25-26-62-63(46(2,3)4,36-19-12-8-13-20-36)37-21-14-9-15-22-37)49-42-40-39(50-43(51-42)52-44(56)57)41(48)54-55(40)28-33-23-24-34(27-38(33)59-5)47(30-60-31-47)53-45(58)61-29-32-17-10-7-11-18-32/h7-15,17-24,27,35H,6,16,25-26,28-31H2,1-5H3,(H,53,58)(H,56,57)(H2,49,50,51,52). The van der Waals surface area contributed by atoms with Gasteiger partial charge < -0.3 is 34.4 Å². The van der Waals surface area contributed by atoms with Gasteiger partial charge in [-0.1, -0.05) is 137 Å². The fraction of sp³-hybridized carbons (Fsp3) is 0.340. The quantitative estimate of drug-likeness (QED) is 0.0610. The fourth-order valence-corrected chi connectivity index (χ4v) is 13.3. The van der Waals surface area contributed by atoms with Gasteiger partial charge in [-0.3, -0.25) is 10.00 Å². The molecule has 1 saturated heterocycles. The Bertz CT molecular complexity index is 2460. The fourth-order valence-electron chi connectivity index (χ4n) is 8.27. The lowest BCUT2D eigenvalue weighted by Crippen LogP contribution is -2.66. The van der Waals surface area contributed by atoms with Crippen LogP contribution in [0.25, 0.3) is 11.0 Å². The molecular weight excluding hydrogens is 883 g/mol. The van der Waals surface area contributed by atoms with Gasteiger partial charge in [-0.2, -0.15) is 10.1 Å². The van der Waals surface area contributed by atoms with E-state index in [4.69, 9.17) is 28.7 Å². The highest BCUT2D eigenvalue weighted by molar-refractivity contribution is 9.10. The molecule has 7 rings (SSSR count). The molecule has 0 bridgehead atoms. The van der Waals surface area contributed by atoms with E-state index in [1.165, 1.54) is 10.4 Å². The van der Waals surface area contributed by atoms with Crippen molar-refractivity contribution >= 4 is 69.6 Å². The summed E-state index contributed by atoms with van der Waals surface area (Å²) < 4.78 is 26.5. The van der Waals surface area contributed by atoms with E-state index in [-0.39, 0.29) is 43.4 Å². The average molecular weight is 937 g/mol. The van der Waals surface area contributed by atoms with Crippen molar-refractivity contribution in [3.8, 4) is 5.75 Å². The molecular formula is C47H54BrN7O7Si. The molecule has 1 fully saturated rings. The monoisotopic (exact) mass is 935 g/mol. The van der Waals surface area contributed by atoms with Gasteiger partial charge in [0.25, 0.3) is 8.32 Å². The van der Waals surface area contributed by atoms with E-state index in [0.717, 1.165) is 29.5 Å². The Labute approximate surface area is 377 Å². The van der Waals surface area contributed by atoms with Crippen molar-refractivity contribution in [2.75, 3.05) is 37.6 Å². The Balaban J connectivity index is 1.16. The second-order valence-corrected chi connectivity index (χ2v) is 21.7. The average Bonchev–Trinajstić information content (AvgIpc) is 3.57. The number of benzene rings is 4. The molecule has 0 aliphatic carbocycles. The maximum absolute atomic E-state index is 13.0. The summed E-state index contributed by atoms with van der Waals surface area (Å²) in [6.07, 6.45) is 0.484. The zero-order chi connectivity index (χ0) is 44.6. The lowest BCUT2D eigenvalue weighted by molar-refractivity contribution is -0.0763. The molecule has 63 heavy (non-hydrogen) atoms. The first-order valence-electron chi connectivity index (χ1n) is 21.1. The summed E-state index contributed by atoms with van der Waals surface area (Å²) in [5.74, 6) is 0.911. The minimum Gasteiger partial charge on any atom is -0.496 e. The number of carboxylic acid groups (broad SMARTS) is 1. The van der Waals surface area contributed by atoms with Crippen molar-refractivity contribution < 1.29 is 33.3 Å². The topological polar surface area (TPSA) is 171 Å². The molecule has 2 aromatic heterocycles. The third-order valence-corrected chi connectivity index (χ3v) is 16.9. The largest absolute Gasteiger partial charge is 0.496 e. The zero-order valence-electron chi connectivity index (χ0n) is 36.2. The van der Waals surface area contributed by atoms with E-state index in [1.807, 2.05) is 60.7 Å². The first-order chi connectivity index (χ1) is 30.4. The summed E-state index contributed by atoms with van der Waals surface area (Å²) in [5, 5.41) is 25.7. The van der Waals surface area contributed by atoms with E-state index >= 15 is 0 Å². The van der Waals surface area contributed by atoms with Crippen LogP contribution in [0.3, 0.4) is 0 Å². The number of halogens is 1. The van der Waals surface area contributed by atoms with Crippen LogP contribution >= 0.6 is 15.9 Å². The van der Waals surface area contributed by atoms with Gasteiger partial charge in [-0.15, -0.1) is 0 Å². The van der Waals surface area contributed by atoms with Gasteiger partial charge >= 0.3 is 12.2 Å². The summed E-state index contributed by atoms with van der Waals surface area (Å²) in [4.78, 5) is 34.1. The van der Waals surface area contributed by atoms with Crippen LogP contribution in [-0.2, 0) is 32.6 Å². The smallest absolute Gasteiger partial charge is 0.411 e. The maximum atomic E-state index is 13.0. The molecule has 0 spiro atoms. The van der Waals surface area contributed by atoms with Crippen LogP contribution in [0, 0.1) is 0 Å². The summed E-state index contributed by atoms with van der Waals surface area (Å²) >= 11 is 3.59. The number of nitrogens with zero attached hydrogens (tertiary/aromatic N) is 4. The highest BCUT2D eigenvalue weighted by Crippen LogP contribution is 2.38. The lowest BCUT2D eigenvalue weighted by atomic mass is 9.87. The number of nitrogens with one attached hydrogen (secondary N) is 3. The molecule has 14 nitrogen and oxygen atoms in total. The third kappa shape index (κ3) is 10.0. The lowest BCUT2D eigenvalue weighted by Gasteiger charge is -2.43. The predicted octanol–water partition coefficient (Wildman–Crippen LogP) is 8.43. The van der Waals surface area contributed by atoms with E-state index < -0.39 is 26.0 Å². The first-order valence-corrected chi connectivity index (χ1v) is 23.8. The number of ether oxygens (including phenoxy) is 3. The summed E-state index contributed by atoms with van der Waals surface area (Å²) in [6.45, 7) is 10.3. The summed E-state index contributed by atoms with van der Waals surface area (Å²) in [7, 11) is -1.20. The van der Waals surface area contributed by atoms with Crippen LogP contribution in [0.1, 0.15) is 63.6 Å². The molecule has 1 atom stereocenters. The molecule has 16 heteroatoms. The van der Waals surface area contributed by atoms with Crippen LogP contribution in [0.2, 0.25) is 5.04 Å². The number of hydrogen-bond acceptors (Lipinski definition) is 10. The van der Waals surface area contributed by atoms with E-state index in [1.54, 1.807) is 11.8 Å². The highest BCUT2D eigenvalue weighted by atomic mass is 79.9. The van der Waals surface area contributed by atoms with Crippen molar-refractivity contribution in [3.63, 3.8) is 0 Å². The second kappa shape index (κ2) is 19.7. The number of alkyl carbamates (subject to hydrolysis) is 1. The third-order valence-electron chi connectivity index (χ3n) is 11.4. The Morgan fingerprint density at radius 2 is 1.59 bits per heavy atom. The van der Waals surface area contributed by atoms with Gasteiger partial charge in [0.05, 0.1) is 26.9 Å². The number of aromatic nitrogens is 4. The van der Waals surface area contributed by atoms with E-state index in [2.05, 4.69) is 113 Å². The molecule has 1 aliphatic heterocycles. The zero-order valence-corrected chi connectivity index (χ0v) is 38.8. The van der Waals surface area contributed by atoms with Gasteiger partial charge in [-0.05, 0) is 61.4 Å². The van der Waals surface area contributed by atoms with Crippen molar-refractivity contribution in [2.45, 2.75) is 76.7 Å². The number of hydrogen-bond donors (Lipinski definition) is 4. The van der Waals surface area contributed by atoms with Crippen LogP contribution in [0.15, 0.2) is 114 Å². The van der Waals surface area contributed by atoms with Crippen LogP contribution < -0.4 is 31.1 Å². The van der Waals surface area contributed by atoms with Crippen LogP contribution in [0.4, 0.5) is 21.4 Å². The molecule has 1 unspecified atom stereocenters. The number of carbonyl (C=O) groups is 2. The van der Waals surface area contributed by atoms with Gasteiger partial charge in [-0.25, -0.2) is 14.6 Å². The molecule has 3 heterocycles. The number of amides is 2. The normalized spacial score (nSPS) is 14.1. The van der Waals surface area contributed by atoms with Crippen molar-refractivity contribution in [1.29, 1.82) is 0 Å². The number of methoxy groups -OCH3 is 1. The minimum atomic E-state index is -2.79. The van der Waals surface area contributed by atoms with Crippen LogP contribution in [-0.4, -0.2) is 78.3 Å². The Hall–Kier alpha value is -5.81. The first kappa shape index (κ1) is 45.2. The van der Waals surface area contributed by atoms with Gasteiger partial charge in [0, 0.05) is 18.2 Å².